The molecule has 3 aromatic rings. The minimum absolute atomic E-state index is 0.00979. The van der Waals surface area contributed by atoms with Crippen LogP contribution in [0.2, 0.25) is 0 Å². The van der Waals surface area contributed by atoms with Crippen LogP contribution < -0.4 is 0 Å². The summed E-state index contributed by atoms with van der Waals surface area (Å²) in [6, 6.07) is 21.1. The Kier molecular flexibility index (Phi) is 9.27. The zero-order chi connectivity index (χ0) is 23.6. The van der Waals surface area contributed by atoms with Crippen molar-refractivity contribution in [1.29, 1.82) is 0 Å². The van der Waals surface area contributed by atoms with Gasteiger partial charge in [-0.25, -0.2) is 0 Å². The van der Waals surface area contributed by atoms with Gasteiger partial charge in [0.25, 0.3) is 5.91 Å². The van der Waals surface area contributed by atoms with Crippen LogP contribution in [-0.2, 0) is 29.7 Å². The first-order valence-electron chi connectivity index (χ1n) is 10.9. The summed E-state index contributed by atoms with van der Waals surface area (Å²) in [6.07, 6.45) is 2.62. The summed E-state index contributed by atoms with van der Waals surface area (Å²) in [7, 11) is 3.60. The summed E-state index contributed by atoms with van der Waals surface area (Å²) in [5.74, 6) is -0.256. The molecule has 0 saturated heterocycles. The maximum Gasteiger partial charge on any atom is 0.254 e. The van der Waals surface area contributed by atoms with Gasteiger partial charge in [0.15, 0.2) is 0 Å². The van der Waals surface area contributed by atoms with Crippen LogP contribution in [0, 0.1) is 0 Å². The van der Waals surface area contributed by atoms with Gasteiger partial charge in [0.05, 0.1) is 6.54 Å². The Morgan fingerprint density at radius 1 is 0.939 bits per heavy atom. The summed E-state index contributed by atoms with van der Waals surface area (Å²) >= 11 is 3.40. The van der Waals surface area contributed by atoms with Gasteiger partial charge in [-0.05, 0) is 48.4 Å². The largest absolute Gasteiger partial charge is 0.385 e. The van der Waals surface area contributed by atoms with Crippen molar-refractivity contribution < 1.29 is 14.3 Å². The van der Waals surface area contributed by atoms with Gasteiger partial charge in [0.1, 0.15) is 6.54 Å². The number of benzene rings is 2. The number of carbonyl (C=O) groups excluding carboxylic acids is 2. The Morgan fingerprint density at radius 2 is 1.67 bits per heavy atom. The molecular formula is C26H30BrN3O3. The van der Waals surface area contributed by atoms with E-state index in [0.29, 0.717) is 38.2 Å². The molecule has 1 aromatic heterocycles. The predicted molar refractivity (Wildman–Crippen MR) is 133 cm³/mol. The molecule has 0 N–H and O–H groups in total. The van der Waals surface area contributed by atoms with E-state index in [1.807, 2.05) is 77.3 Å². The van der Waals surface area contributed by atoms with Gasteiger partial charge >= 0.3 is 0 Å². The molecular weight excluding hydrogens is 482 g/mol. The van der Waals surface area contributed by atoms with Crippen molar-refractivity contribution in [1.82, 2.24) is 14.4 Å². The van der Waals surface area contributed by atoms with Crippen LogP contribution >= 0.6 is 15.9 Å². The lowest BCUT2D eigenvalue weighted by molar-refractivity contribution is -0.133. The molecule has 0 aliphatic rings. The zero-order valence-corrected chi connectivity index (χ0v) is 20.7. The Bertz CT molecular complexity index is 1030. The molecule has 6 nitrogen and oxygen atoms in total. The number of carbonyl (C=O) groups is 2. The minimum atomic E-state index is -0.162. The quantitative estimate of drug-likeness (QED) is 0.356. The van der Waals surface area contributed by atoms with Crippen molar-refractivity contribution in [3.8, 4) is 0 Å². The van der Waals surface area contributed by atoms with Crippen LogP contribution in [0.1, 0.15) is 28.0 Å². The van der Waals surface area contributed by atoms with Crippen LogP contribution in [-0.4, -0.2) is 53.0 Å². The number of ether oxygens (including phenoxy) is 1. The third kappa shape index (κ3) is 7.30. The first kappa shape index (κ1) is 24.7. The van der Waals surface area contributed by atoms with E-state index in [4.69, 9.17) is 4.74 Å². The minimum Gasteiger partial charge on any atom is -0.385 e. The molecule has 174 valence electrons. The molecule has 1 heterocycles. The van der Waals surface area contributed by atoms with Crippen molar-refractivity contribution in [2.45, 2.75) is 19.5 Å². The van der Waals surface area contributed by atoms with E-state index in [9.17, 15) is 9.59 Å². The summed E-state index contributed by atoms with van der Waals surface area (Å²) in [4.78, 5) is 30.2. The molecule has 0 radical (unpaired) electrons. The second-order valence-electron chi connectivity index (χ2n) is 7.93. The second kappa shape index (κ2) is 12.4. The van der Waals surface area contributed by atoms with Crippen LogP contribution in [0.5, 0.6) is 0 Å². The summed E-state index contributed by atoms with van der Waals surface area (Å²) in [5, 5.41) is 0. The van der Waals surface area contributed by atoms with Gasteiger partial charge in [-0.1, -0.05) is 46.3 Å². The maximum atomic E-state index is 13.5. The summed E-state index contributed by atoms with van der Waals surface area (Å²) < 4.78 is 8.08. The average Bonchev–Trinajstić information content (AvgIpc) is 3.23. The highest BCUT2D eigenvalue weighted by Crippen LogP contribution is 2.15. The lowest BCUT2D eigenvalue weighted by Gasteiger charge is -2.28. The van der Waals surface area contributed by atoms with Crippen LogP contribution in [0.3, 0.4) is 0 Å². The number of hydrogen-bond acceptors (Lipinski definition) is 3. The highest BCUT2D eigenvalue weighted by atomic mass is 79.9. The highest BCUT2D eigenvalue weighted by Gasteiger charge is 2.23. The molecule has 0 aliphatic carbocycles. The van der Waals surface area contributed by atoms with E-state index >= 15 is 0 Å². The fourth-order valence-corrected chi connectivity index (χ4v) is 3.85. The Labute approximate surface area is 203 Å². The number of amides is 2. The summed E-state index contributed by atoms with van der Waals surface area (Å²) in [6.45, 7) is 1.92. The van der Waals surface area contributed by atoms with E-state index in [-0.39, 0.29) is 18.4 Å². The Hall–Kier alpha value is -2.90. The number of hydrogen-bond donors (Lipinski definition) is 0. The number of rotatable bonds is 11. The first-order chi connectivity index (χ1) is 16.0. The average molecular weight is 512 g/mol. The molecule has 0 fully saturated rings. The molecule has 33 heavy (non-hydrogen) atoms. The molecule has 2 amide bonds. The number of aromatic nitrogens is 1. The van der Waals surface area contributed by atoms with Gasteiger partial charge in [-0.2, -0.15) is 0 Å². The lowest BCUT2D eigenvalue weighted by Crippen LogP contribution is -2.43. The van der Waals surface area contributed by atoms with Crippen molar-refractivity contribution in [3.05, 3.63) is 94.2 Å². The van der Waals surface area contributed by atoms with Gasteiger partial charge in [-0.3, -0.25) is 9.59 Å². The topological polar surface area (TPSA) is 54.8 Å². The fraction of sp³-hybridized carbons (Fsp3) is 0.308. The Balaban J connectivity index is 1.80. The monoisotopic (exact) mass is 511 g/mol. The number of methoxy groups -OCH3 is 1. The normalized spacial score (nSPS) is 10.8. The standard InChI is InChI=1S/C26H30BrN3O3/c1-28-15-6-10-24(28)19-30(18-21-8-4-3-5-9-21)25(31)20-29(16-7-17-33-2)26(32)22-11-13-23(27)14-12-22/h3-6,8-15H,7,16-20H2,1-2H3. The third-order valence-electron chi connectivity index (χ3n) is 5.45. The van der Waals surface area contributed by atoms with Gasteiger partial charge in [-0.15, -0.1) is 0 Å². The smallest absolute Gasteiger partial charge is 0.254 e. The molecule has 0 unspecified atom stereocenters. The van der Waals surface area contributed by atoms with Crippen LogP contribution in [0.15, 0.2) is 77.4 Å². The molecule has 0 saturated carbocycles. The van der Waals surface area contributed by atoms with Gasteiger partial charge in [0.2, 0.25) is 5.91 Å². The lowest BCUT2D eigenvalue weighted by atomic mass is 10.2. The summed E-state index contributed by atoms with van der Waals surface area (Å²) in [5.41, 5.74) is 2.63. The first-order valence-corrected chi connectivity index (χ1v) is 11.7. The predicted octanol–water partition coefficient (Wildman–Crippen LogP) is 4.50. The van der Waals surface area contributed by atoms with Gasteiger partial charge in [0, 0.05) is 55.8 Å². The highest BCUT2D eigenvalue weighted by molar-refractivity contribution is 9.10. The Morgan fingerprint density at radius 3 is 2.30 bits per heavy atom. The van der Waals surface area contributed by atoms with Crippen molar-refractivity contribution in [2.75, 3.05) is 26.8 Å². The SMILES string of the molecule is COCCCN(CC(=O)N(Cc1ccccc1)Cc1cccn1C)C(=O)c1ccc(Br)cc1. The molecule has 7 heteroatoms. The third-order valence-corrected chi connectivity index (χ3v) is 5.98. The zero-order valence-electron chi connectivity index (χ0n) is 19.1. The fourth-order valence-electron chi connectivity index (χ4n) is 3.58. The van der Waals surface area contributed by atoms with Crippen molar-refractivity contribution >= 4 is 27.7 Å². The van der Waals surface area contributed by atoms with E-state index in [2.05, 4.69) is 15.9 Å². The van der Waals surface area contributed by atoms with Crippen molar-refractivity contribution in [2.24, 2.45) is 7.05 Å². The second-order valence-corrected chi connectivity index (χ2v) is 8.84. The van der Waals surface area contributed by atoms with E-state index in [1.165, 1.54) is 0 Å². The van der Waals surface area contributed by atoms with E-state index in [0.717, 1.165) is 15.7 Å². The number of halogens is 1. The molecule has 0 bridgehead atoms. The van der Waals surface area contributed by atoms with E-state index in [1.54, 1.807) is 24.1 Å². The van der Waals surface area contributed by atoms with Crippen LogP contribution in [0.25, 0.3) is 0 Å². The maximum absolute atomic E-state index is 13.5. The molecule has 0 atom stereocenters. The molecule has 2 aromatic carbocycles. The molecule has 0 aliphatic heterocycles. The van der Waals surface area contributed by atoms with Gasteiger partial charge < -0.3 is 19.1 Å². The van der Waals surface area contributed by atoms with E-state index < -0.39 is 0 Å². The van der Waals surface area contributed by atoms with Crippen LogP contribution in [0.4, 0.5) is 0 Å². The molecule has 0 spiro atoms. The molecule has 3 rings (SSSR count). The van der Waals surface area contributed by atoms with Crippen molar-refractivity contribution in [3.63, 3.8) is 0 Å². The number of aryl methyl sites for hydroxylation is 1. The number of nitrogens with zero attached hydrogens (tertiary/aromatic N) is 3.